The molecule has 0 bridgehead atoms. The van der Waals surface area contributed by atoms with Crippen molar-refractivity contribution in [1.29, 1.82) is 0 Å². The van der Waals surface area contributed by atoms with Crippen LogP contribution in [0.25, 0.3) is 0 Å². The molecule has 0 fully saturated rings. The van der Waals surface area contributed by atoms with Crippen LogP contribution in [0.2, 0.25) is 0 Å². The number of pyridine rings is 2. The minimum absolute atomic E-state index is 0.1000. The van der Waals surface area contributed by atoms with Crippen LogP contribution in [0, 0.1) is 0 Å². The van der Waals surface area contributed by atoms with Gasteiger partial charge in [0.05, 0.1) is 11.8 Å². The zero-order valence-electron chi connectivity index (χ0n) is 10.9. The summed E-state index contributed by atoms with van der Waals surface area (Å²) >= 11 is 3.41. The van der Waals surface area contributed by atoms with Gasteiger partial charge in [-0.1, -0.05) is 0 Å². The van der Waals surface area contributed by atoms with Gasteiger partial charge in [0.1, 0.15) is 0 Å². The second-order valence-electron chi connectivity index (χ2n) is 4.39. The maximum Gasteiger partial charge on any atom is 0.237 e. The number of rotatable bonds is 5. The van der Waals surface area contributed by atoms with Gasteiger partial charge in [-0.2, -0.15) is 0 Å². The molecule has 0 radical (unpaired) electrons. The Bertz CT molecular complexity index is 546. The highest BCUT2D eigenvalue weighted by Crippen LogP contribution is 2.22. The second-order valence-corrected chi connectivity index (χ2v) is 5.30. The maximum atomic E-state index is 5.66. The number of hydrogen-bond donors (Lipinski definition) is 1. The molecular formula is C14H16BrN3O. The first-order chi connectivity index (χ1) is 9.15. The molecule has 2 heterocycles. The van der Waals surface area contributed by atoms with Gasteiger partial charge in [-0.25, -0.2) is 4.98 Å². The van der Waals surface area contributed by atoms with Gasteiger partial charge in [-0.05, 0) is 53.5 Å². The van der Waals surface area contributed by atoms with Crippen molar-refractivity contribution in [2.75, 3.05) is 5.32 Å². The van der Waals surface area contributed by atoms with Gasteiger partial charge in [0.25, 0.3) is 0 Å². The predicted molar refractivity (Wildman–Crippen MR) is 79.3 cm³/mol. The van der Waals surface area contributed by atoms with Gasteiger partial charge in [-0.15, -0.1) is 0 Å². The molecule has 100 valence electrons. The number of aromatic nitrogens is 2. The van der Waals surface area contributed by atoms with Crippen LogP contribution in [-0.4, -0.2) is 16.1 Å². The summed E-state index contributed by atoms with van der Waals surface area (Å²) < 4.78 is 6.63. The largest absolute Gasteiger partial charge is 0.473 e. The van der Waals surface area contributed by atoms with E-state index in [1.165, 1.54) is 0 Å². The average Bonchev–Trinajstić information content (AvgIpc) is 2.37. The van der Waals surface area contributed by atoms with Gasteiger partial charge in [-0.3, -0.25) is 4.98 Å². The topological polar surface area (TPSA) is 47.0 Å². The molecule has 2 aromatic heterocycles. The fourth-order valence-corrected chi connectivity index (χ4v) is 2.00. The third kappa shape index (κ3) is 4.21. The van der Waals surface area contributed by atoms with Gasteiger partial charge in [0, 0.05) is 29.6 Å². The quantitative estimate of drug-likeness (QED) is 0.913. The summed E-state index contributed by atoms with van der Waals surface area (Å²) in [6, 6.07) is 5.87. The normalized spacial score (nSPS) is 10.5. The highest BCUT2D eigenvalue weighted by atomic mass is 79.9. The summed E-state index contributed by atoms with van der Waals surface area (Å²) in [5.74, 6) is 0.625. The molecule has 5 heteroatoms. The monoisotopic (exact) mass is 321 g/mol. The standard InChI is InChI=1S/C14H16BrN3O/c1-10(2)19-14-13(4-3-5-17-14)18-8-11-6-12(15)9-16-7-11/h3-7,9-10,18H,8H2,1-2H3. The van der Waals surface area contributed by atoms with Gasteiger partial charge in [0.15, 0.2) is 0 Å². The first-order valence-corrected chi connectivity index (χ1v) is 6.89. The van der Waals surface area contributed by atoms with Crippen LogP contribution < -0.4 is 10.1 Å². The van der Waals surface area contributed by atoms with Crippen LogP contribution in [0.1, 0.15) is 19.4 Å². The molecule has 0 atom stereocenters. The van der Waals surface area contributed by atoms with E-state index in [1.807, 2.05) is 38.2 Å². The van der Waals surface area contributed by atoms with E-state index in [4.69, 9.17) is 4.74 Å². The van der Waals surface area contributed by atoms with Crippen molar-refractivity contribution in [1.82, 2.24) is 9.97 Å². The molecule has 4 nitrogen and oxygen atoms in total. The summed E-state index contributed by atoms with van der Waals surface area (Å²) in [5, 5.41) is 3.31. The minimum Gasteiger partial charge on any atom is -0.473 e. The zero-order valence-corrected chi connectivity index (χ0v) is 12.5. The van der Waals surface area contributed by atoms with E-state index in [9.17, 15) is 0 Å². The summed E-state index contributed by atoms with van der Waals surface area (Å²) in [6.45, 7) is 4.64. The molecule has 0 saturated carbocycles. The SMILES string of the molecule is CC(C)Oc1ncccc1NCc1cncc(Br)c1. The Hall–Kier alpha value is -1.62. The van der Waals surface area contributed by atoms with Crippen molar-refractivity contribution >= 4 is 21.6 Å². The number of nitrogens with one attached hydrogen (secondary N) is 1. The lowest BCUT2D eigenvalue weighted by Gasteiger charge is -2.14. The lowest BCUT2D eigenvalue weighted by Crippen LogP contribution is -2.10. The molecular weight excluding hydrogens is 306 g/mol. The van der Waals surface area contributed by atoms with E-state index >= 15 is 0 Å². The summed E-state index contributed by atoms with van der Waals surface area (Å²) in [4.78, 5) is 8.37. The van der Waals surface area contributed by atoms with E-state index in [1.54, 1.807) is 12.4 Å². The van der Waals surface area contributed by atoms with Gasteiger partial charge < -0.3 is 10.1 Å². The molecule has 0 aromatic carbocycles. The molecule has 0 saturated heterocycles. The second kappa shape index (κ2) is 6.52. The fraction of sp³-hybridized carbons (Fsp3) is 0.286. The Morgan fingerprint density at radius 2 is 2.21 bits per heavy atom. The molecule has 19 heavy (non-hydrogen) atoms. The highest BCUT2D eigenvalue weighted by Gasteiger charge is 2.06. The number of nitrogens with zero attached hydrogens (tertiary/aromatic N) is 2. The Kier molecular flexibility index (Phi) is 4.74. The molecule has 2 rings (SSSR count). The van der Waals surface area contributed by atoms with Crippen LogP contribution in [-0.2, 0) is 6.54 Å². The molecule has 1 N–H and O–H groups in total. The summed E-state index contributed by atoms with van der Waals surface area (Å²) in [7, 11) is 0. The van der Waals surface area contributed by atoms with E-state index in [0.717, 1.165) is 15.7 Å². The Labute approximate surface area is 121 Å². The molecule has 2 aromatic rings. The van der Waals surface area contributed by atoms with E-state index in [2.05, 4.69) is 31.2 Å². The van der Waals surface area contributed by atoms with Gasteiger partial charge >= 0.3 is 0 Å². The zero-order chi connectivity index (χ0) is 13.7. The number of anilines is 1. The van der Waals surface area contributed by atoms with Crippen LogP contribution >= 0.6 is 15.9 Å². The third-order valence-corrected chi connectivity index (χ3v) is 2.80. The summed E-state index contributed by atoms with van der Waals surface area (Å²) in [5.41, 5.74) is 1.98. The average molecular weight is 322 g/mol. The van der Waals surface area contributed by atoms with Crippen molar-refractivity contribution in [3.63, 3.8) is 0 Å². The van der Waals surface area contributed by atoms with Crippen molar-refractivity contribution < 1.29 is 4.74 Å². The Morgan fingerprint density at radius 3 is 2.95 bits per heavy atom. The smallest absolute Gasteiger partial charge is 0.237 e. The van der Waals surface area contributed by atoms with E-state index in [-0.39, 0.29) is 6.10 Å². The fourth-order valence-electron chi connectivity index (χ4n) is 1.59. The van der Waals surface area contributed by atoms with E-state index < -0.39 is 0 Å². The van der Waals surface area contributed by atoms with Crippen LogP contribution in [0.15, 0.2) is 41.3 Å². The lowest BCUT2D eigenvalue weighted by molar-refractivity contribution is 0.234. The number of hydrogen-bond acceptors (Lipinski definition) is 4. The van der Waals surface area contributed by atoms with Crippen LogP contribution in [0.4, 0.5) is 5.69 Å². The third-order valence-electron chi connectivity index (χ3n) is 2.36. The Balaban J connectivity index is 2.07. The molecule has 0 spiro atoms. The first-order valence-electron chi connectivity index (χ1n) is 6.10. The highest BCUT2D eigenvalue weighted by molar-refractivity contribution is 9.10. The molecule has 0 unspecified atom stereocenters. The molecule has 0 amide bonds. The van der Waals surface area contributed by atoms with Crippen molar-refractivity contribution in [3.8, 4) is 5.88 Å². The first kappa shape index (κ1) is 13.8. The van der Waals surface area contributed by atoms with Crippen LogP contribution in [0.3, 0.4) is 0 Å². The molecule has 0 aliphatic rings. The molecule has 0 aliphatic carbocycles. The number of halogens is 1. The maximum absolute atomic E-state index is 5.66. The van der Waals surface area contributed by atoms with Crippen molar-refractivity contribution in [3.05, 3.63) is 46.8 Å². The van der Waals surface area contributed by atoms with Crippen molar-refractivity contribution in [2.24, 2.45) is 0 Å². The minimum atomic E-state index is 0.1000. The van der Waals surface area contributed by atoms with Crippen molar-refractivity contribution in [2.45, 2.75) is 26.5 Å². The van der Waals surface area contributed by atoms with Gasteiger partial charge in [0.2, 0.25) is 5.88 Å². The molecule has 0 aliphatic heterocycles. The Morgan fingerprint density at radius 1 is 1.37 bits per heavy atom. The summed E-state index contributed by atoms with van der Waals surface area (Å²) in [6.07, 6.45) is 5.42. The predicted octanol–water partition coefficient (Wildman–Crippen LogP) is 3.64. The number of ether oxygens (including phenoxy) is 1. The lowest BCUT2D eigenvalue weighted by atomic mass is 10.3. The van der Waals surface area contributed by atoms with Crippen LogP contribution in [0.5, 0.6) is 5.88 Å². The van der Waals surface area contributed by atoms with E-state index in [0.29, 0.717) is 12.4 Å².